The number of nitrogens with one attached hydrogen (secondary N) is 1. The van der Waals surface area contributed by atoms with E-state index in [-0.39, 0.29) is 18.3 Å². The van der Waals surface area contributed by atoms with Crippen molar-refractivity contribution >= 4 is 29.3 Å². The molecule has 1 N–H and O–H groups in total. The van der Waals surface area contributed by atoms with E-state index in [2.05, 4.69) is 15.5 Å². The Bertz CT molecular complexity index is 935. The van der Waals surface area contributed by atoms with Gasteiger partial charge < -0.3 is 19.2 Å². The summed E-state index contributed by atoms with van der Waals surface area (Å²) in [7, 11) is 1.60. The summed E-state index contributed by atoms with van der Waals surface area (Å²) in [5, 5.41) is 11.4. The van der Waals surface area contributed by atoms with Crippen LogP contribution in [0.25, 0.3) is 0 Å². The van der Waals surface area contributed by atoms with Gasteiger partial charge in [-0.05, 0) is 18.2 Å². The lowest BCUT2D eigenvalue weighted by Gasteiger charge is -2.08. The number of nitrogens with zero attached hydrogens (tertiary/aromatic N) is 2. The lowest BCUT2D eigenvalue weighted by atomic mass is 10.2. The van der Waals surface area contributed by atoms with Gasteiger partial charge in [0.1, 0.15) is 11.5 Å². The van der Waals surface area contributed by atoms with Gasteiger partial charge in [-0.1, -0.05) is 53.7 Å². The van der Waals surface area contributed by atoms with Crippen molar-refractivity contribution in [1.29, 1.82) is 0 Å². The summed E-state index contributed by atoms with van der Waals surface area (Å²) >= 11 is 7.18. The highest BCUT2D eigenvalue weighted by molar-refractivity contribution is 7.99. The van der Waals surface area contributed by atoms with Crippen LogP contribution < -0.4 is 14.8 Å². The van der Waals surface area contributed by atoms with E-state index in [1.54, 1.807) is 19.2 Å². The second-order valence-corrected chi connectivity index (χ2v) is 6.89. The molecule has 0 aliphatic rings. The summed E-state index contributed by atoms with van der Waals surface area (Å²) in [6, 6.07) is 14.6. The first-order valence-corrected chi connectivity index (χ1v) is 9.73. The maximum Gasteiger partial charge on any atom is 0.277 e. The van der Waals surface area contributed by atoms with Crippen molar-refractivity contribution in [3.8, 4) is 11.5 Å². The van der Waals surface area contributed by atoms with E-state index in [4.69, 9.17) is 25.5 Å². The maximum atomic E-state index is 12.0. The third-order valence-corrected chi connectivity index (χ3v) is 4.76. The van der Waals surface area contributed by atoms with Crippen LogP contribution in [-0.2, 0) is 17.9 Å². The van der Waals surface area contributed by atoms with Crippen LogP contribution in [0.4, 0.5) is 0 Å². The first-order valence-electron chi connectivity index (χ1n) is 8.37. The van der Waals surface area contributed by atoms with E-state index in [0.717, 1.165) is 23.1 Å². The number of amides is 1. The standard InChI is InChI=1S/C19H18ClN3O4S/c1-25-15-8-4-2-6-13(15)10-21-17(24)12-28-19-23-22-18(27-19)11-26-16-9-5-3-7-14(16)20/h2-9H,10-12H2,1H3,(H,21,24). The van der Waals surface area contributed by atoms with E-state index in [1.165, 1.54) is 0 Å². The molecule has 0 saturated carbocycles. The minimum absolute atomic E-state index is 0.0945. The highest BCUT2D eigenvalue weighted by Crippen LogP contribution is 2.24. The van der Waals surface area contributed by atoms with Crippen LogP contribution in [0, 0.1) is 0 Å². The van der Waals surface area contributed by atoms with Crippen molar-refractivity contribution in [2.45, 2.75) is 18.4 Å². The summed E-state index contributed by atoms with van der Waals surface area (Å²) < 4.78 is 16.3. The van der Waals surface area contributed by atoms with E-state index < -0.39 is 0 Å². The first kappa shape index (κ1) is 20.0. The van der Waals surface area contributed by atoms with Gasteiger partial charge in [-0.25, -0.2) is 0 Å². The number of carbonyl (C=O) groups excluding carboxylic acids is 1. The second kappa shape index (κ2) is 10.0. The smallest absolute Gasteiger partial charge is 0.277 e. The van der Waals surface area contributed by atoms with Gasteiger partial charge in [0.15, 0.2) is 6.61 Å². The molecule has 1 heterocycles. The van der Waals surface area contributed by atoms with Crippen LogP contribution in [0.15, 0.2) is 58.2 Å². The average molecular weight is 420 g/mol. The molecule has 1 aromatic heterocycles. The molecule has 0 aliphatic heterocycles. The Balaban J connectivity index is 1.43. The number of benzene rings is 2. The lowest BCUT2D eigenvalue weighted by Crippen LogP contribution is -2.24. The van der Waals surface area contributed by atoms with Crippen molar-refractivity contribution in [1.82, 2.24) is 15.5 Å². The van der Waals surface area contributed by atoms with Crippen molar-refractivity contribution in [2.75, 3.05) is 12.9 Å². The summed E-state index contributed by atoms with van der Waals surface area (Å²) in [5.41, 5.74) is 0.903. The van der Waals surface area contributed by atoms with Gasteiger partial charge in [-0.15, -0.1) is 10.2 Å². The van der Waals surface area contributed by atoms with Crippen molar-refractivity contribution in [3.63, 3.8) is 0 Å². The predicted molar refractivity (Wildman–Crippen MR) is 106 cm³/mol. The third-order valence-electron chi connectivity index (χ3n) is 3.63. The molecule has 0 bridgehead atoms. The van der Waals surface area contributed by atoms with Gasteiger partial charge in [-0.3, -0.25) is 4.79 Å². The van der Waals surface area contributed by atoms with Crippen molar-refractivity contribution < 1.29 is 18.7 Å². The monoisotopic (exact) mass is 419 g/mol. The van der Waals surface area contributed by atoms with E-state index in [1.807, 2.05) is 36.4 Å². The molecule has 9 heteroatoms. The summed E-state index contributed by atoms with van der Waals surface area (Å²) in [5.74, 6) is 1.57. The predicted octanol–water partition coefficient (Wildman–Crippen LogP) is 3.72. The number of para-hydroxylation sites is 2. The maximum absolute atomic E-state index is 12.0. The molecule has 7 nitrogen and oxygen atoms in total. The number of rotatable bonds is 9. The Morgan fingerprint density at radius 2 is 1.89 bits per heavy atom. The molecule has 0 spiro atoms. The zero-order valence-electron chi connectivity index (χ0n) is 15.1. The highest BCUT2D eigenvalue weighted by Gasteiger charge is 2.11. The van der Waals surface area contributed by atoms with Gasteiger partial charge in [0.25, 0.3) is 11.1 Å². The topological polar surface area (TPSA) is 86.5 Å². The van der Waals surface area contributed by atoms with Crippen LogP contribution in [0.1, 0.15) is 11.5 Å². The summed E-state index contributed by atoms with van der Waals surface area (Å²) in [6.45, 7) is 0.474. The number of carbonyl (C=O) groups is 1. The van der Waals surface area contributed by atoms with Crippen LogP contribution in [-0.4, -0.2) is 29.0 Å². The minimum Gasteiger partial charge on any atom is -0.496 e. The molecule has 2 aromatic carbocycles. The zero-order chi connectivity index (χ0) is 19.8. The molecule has 0 aliphatic carbocycles. The number of ether oxygens (including phenoxy) is 2. The Labute approximate surface area is 171 Å². The second-order valence-electron chi connectivity index (χ2n) is 5.56. The molecule has 0 fully saturated rings. The van der Waals surface area contributed by atoms with Crippen molar-refractivity contribution in [2.24, 2.45) is 0 Å². The number of aromatic nitrogens is 2. The zero-order valence-corrected chi connectivity index (χ0v) is 16.6. The van der Waals surface area contributed by atoms with Crippen LogP contribution in [0.3, 0.4) is 0 Å². The molecule has 3 aromatic rings. The fourth-order valence-electron chi connectivity index (χ4n) is 2.28. The van der Waals surface area contributed by atoms with Gasteiger partial charge in [0.2, 0.25) is 5.91 Å². The molecule has 146 valence electrons. The van der Waals surface area contributed by atoms with E-state index in [0.29, 0.717) is 28.4 Å². The summed E-state index contributed by atoms with van der Waals surface area (Å²) in [4.78, 5) is 12.0. The third kappa shape index (κ3) is 5.64. The van der Waals surface area contributed by atoms with Gasteiger partial charge in [-0.2, -0.15) is 0 Å². The number of thioether (sulfide) groups is 1. The lowest BCUT2D eigenvalue weighted by molar-refractivity contribution is -0.118. The molecule has 0 radical (unpaired) electrons. The fraction of sp³-hybridized carbons (Fsp3) is 0.211. The fourth-order valence-corrected chi connectivity index (χ4v) is 3.08. The number of hydrogen-bond acceptors (Lipinski definition) is 7. The Kier molecular flexibility index (Phi) is 7.16. The van der Waals surface area contributed by atoms with Gasteiger partial charge >= 0.3 is 0 Å². The van der Waals surface area contributed by atoms with Crippen LogP contribution in [0.2, 0.25) is 5.02 Å². The minimum atomic E-state index is -0.150. The molecular weight excluding hydrogens is 402 g/mol. The quantitative estimate of drug-likeness (QED) is 0.529. The first-order chi connectivity index (χ1) is 13.7. The molecule has 0 atom stereocenters. The molecule has 0 unspecified atom stereocenters. The molecule has 0 saturated heterocycles. The normalized spacial score (nSPS) is 10.5. The number of halogens is 1. The Morgan fingerprint density at radius 3 is 2.68 bits per heavy atom. The van der Waals surface area contributed by atoms with E-state index in [9.17, 15) is 4.79 Å². The van der Waals surface area contributed by atoms with Gasteiger partial charge in [0, 0.05) is 12.1 Å². The SMILES string of the molecule is COc1ccccc1CNC(=O)CSc1nnc(COc2ccccc2Cl)o1. The Hall–Kier alpha value is -2.71. The molecular formula is C19H18ClN3O4S. The largest absolute Gasteiger partial charge is 0.496 e. The van der Waals surface area contributed by atoms with Crippen LogP contribution in [0.5, 0.6) is 11.5 Å². The molecule has 3 rings (SSSR count). The van der Waals surface area contributed by atoms with Crippen LogP contribution >= 0.6 is 23.4 Å². The summed E-state index contributed by atoms with van der Waals surface area (Å²) in [6.07, 6.45) is 0. The Morgan fingerprint density at radius 1 is 1.14 bits per heavy atom. The van der Waals surface area contributed by atoms with Gasteiger partial charge in [0.05, 0.1) is 17.9 Å². The number of methoxy groups -OCH3 is 1. The van der Waals surface area contributed by atoms with E-state index >= 15 is 0 Å². The molecule has 1 amide bonds. The average Bonchev–Trinajstić information content (AvgIpc) is 3.18. The highest BCUT2D eigenvalue weighted by atomic mass is 35.5. The van der Waals surface area contributed by atoms with Crippen molar-refractivity contribution in [3.05, 3.63) is 65.0 Å². The number of hydrogen-bond donors (Lipinski definition) is 1. The molecule has 28 heavy (non-hydrogen) atoms.